The number of primary amides is 1. The molecule has 0 bridgehead atoms. The smallest absolute Gasteiger partial charge is 0.233 e. The summed E-state index contributed by atoms with van der Waals surface area (Å²) in [6.45, 7) is 1.07. The van der Waals surface area contributed by atoms with Crippen molar-refractivity contribution >= 4 is 29.5 Å². The third kappa shape index (κ3) is 3.60. The Kier molecular flexibility index (Phi) is 4.25. The second-order valence-corrected chi connectivity index (χ2v) is 5.32. The van der Waals surface area contributed by atoms with E-state index in [2.05, 4.69) is 15.2 Å². The number of anilines is 1. The van der Waals surface area contributed by atoms with Gasteiger partial charge in [0.25, 0.3) is 0 Å². The van der Waals surface area contributed by atoms with Crippen LogP contribution in [0.25, 0.3) is 0 Å². The van der Waals surface area contributed by atoms with Gasteiger partial charge in [0, 0.05) is 13.1 Å². The van der Waals surface area contributed by atoms with E-state index in [1.807, 2.05) is 0 Å². The second kappa shape index (κ2) is 5.91. The van der Waals surface area contributed by atoms with Crippen LogP contribution in [-0.4, -0.2) is 50.7 Å². The molecule has 0 aliphatic carbocycles. The predicted molar refractivity (Wildman–Crippen MR) is 70.0 cm³/mol. The van der Waals surface area contributed by atoms with E-state index in [1.165, 1.54) is 11.8 Å². The number of carbonyl (C=O) groups is 2. The van der Waals surface area contributed by atoms with Crippen LogP contribution < -0.4 is 11.5 Å². The van der Waals surface area contributed by atoms with Crippen molar-refractivity contribution in [3.8, 4) is 0 Å². The summed E-state index contributed by atoms with van der Waals surface area (Å²) in [6.07, 6.45) is 1.56. The van der Waals surface area contributed by atoms with Crippen LogP contribution in [0.1, 0.15) is 12.8 Å². The van der Waals surface area contributed by atoms with Gasteiger partial charge in [-0.1, -0.05) is 11.8 Å². The third-order valence-electron chi connectivity index (χ3n) is 2.98. The van der Waals surface area contributed by atoms with Gasteiger partial charge in [-0.3, -0.25) is 9.59 Å². The molecule has 1 aromatic rings. The number of rotatable bonds is 4. The van der Waals surface area contributed by atoms with E-state index in [4.69, 9.17) is 11.5 Å². The zero-order chi connectivity index (χ0) is 13.8. The van der Waals surface area contributed by atoms with Crippen molar-refractivity contribution in [1.82, 2.24) is 20.1 Å². The van der Waals surface area contributed by atoms with Gasteiger partial charge in [-0.2, -0.15) is 4.98 Å². The first-order valence-electron chi connectivity index (χ1n) is 5.94. The van der Waals surface area contributed by atoms with Crippen LogP contribution in [0, 0.1) is 5.92 Å². The summed E-state index contributed by atoms with van der Waals surface area (Å²) in [7, 11) is 0. The Labute approximate surface area is 114 Å². The van der Waals surface area contributed by atoms with Gasteiger partial charge in [-0.15, -0.1) is 5.10 Å². The highest BCUT2D eigenvalue weighted by molar-refractivity contribution is 7.99. The topological polar surface area (TPSA) is 131 Å². The lowest BCUT2D eigenvalue weighted by atomic mass is 9.97. The maximum atomic E-state index is 12.0. The molecule has 2 heterocycles. The molecule has 8 nitrogen and oxygen atoms in total. The number of nitrogens with zero attached hydrogens (tertiary/aromatic N) is 3. The second-order valence-electron chi connectivity index (χ2n) is 4.37. The molecule has 1 saturated heterocycles. The van der Waals surface area contributed by atoms with E-state index in [-0.39, 0.29) is 29.4 Å². The molecule has 5 N–H and O–H groups in total. The molecule has 2 amide bonds. The molecule has 0 aromatic carbocycles. The third-order valence-corrected chi connectivity index (χ3v) is 3.82. The fourth-order valence-electron chi connectivity index (χ4n) is 1.98. The summed E-state index contributed by atoms with van der Waals surface area (Å²) < 4.78 is 0. The van der Waals surface area contributed by atoms with Crippen molar-refractivity contribution in [3.05, 3.63) is 0 Å². The number of H-pyrrole nitrogens is 1. The molecule has 0 spiro atoms. The zero-order valence-electron chi connectivity index (χ0n) is 10.3. The van der Waals surface area contributed by atoms with Gasteiger partial charge in [0.05, 0.1) is 11.7 Å². The Morgan fingerprint density at radius 2 is 2.32 bits per heavy atom. The lowest BCUT2D eigenvalue weighted by Gasteiger charge is -2.31. The summed E-state index contributed by atoms with van der Waals surface area (Å²) in [4.78, 5) is 28.7. The molecule has 1 unspecified atom stereocenters. The number of thioether (sulfide) groups is 1. The number of aromatic nitrogens is 3. The minimum absolute atomic E-state index is 0.0423. The monoisotopic (exact) mass is 284 g/mol. The molecule has 1 aromatic heterocycles. The molecule has 2 rings (SSSR count). The molecule has 104 valence electrons. The fourth-order valence-corrected chi connectivity index (χ4v) is 2.68. The Hall–Kier alpha value is -1.77. The number of nitrogens with one attached hydrogen (secondary N) is 1. The van der Waals surface area contributed by atoms with Crippen molar-refractivity contribution in [2.24, 2.45) is 11.7 Å². The Bertz CT molecular complexity index is 476. The van der Waals surface area contributed by atoms with Crippen LogP contribution in [0.5, 0.6) is 0 Å². The van der Waals surface area contributed by atoms with E-state index in [9.17, 15) is 9.59 Å². The zero-order valence-corrected chi connectivity index (χ0v) is 11.2. The Morgan fingerprint density at radius 1 is 1.53 bits per heavy atom. The van der Waals surface area contributed by atoms with Crippen LogP contribution in [0.2, 0.25) is 0 Å². The number of nitrogens with two attached hydrogens (primary N) is 2. The molecule has 19 heavy (non-hydrogen) atoms. The van der Waals surface area contributed by atoms with Gasteiger partial charge < -0.3 is 16.4 Å². The standard InChI is InChI=1S/C10H16N6O2S/c11-8(18)6-2-1-3-16(4-6)7(17)5-19-10-13-9(12)14-15-10/h6H,1-5H2,(H2,11,18)(H3,12,13,14,15). The minimum atomic E-state index is -0.341. The first-order chi connectivity index (χ1) is 9.06. The SMILES string of the molecule is NC(=O)C1CCCN(C(=O)CSc2n[nH]c(N)n2)C1. The fraction of sp³-hybridized carbons (Fsp3) is 0.600. The Balaban J connectivity index is 1.84. The summed E-state index contributed by atoms with van der Waals surface area (Å²) >= 11 is 1.21. The summed E-state index contributed by atoms with van der Waals surface area (Å²) in [5, 5.41) is 6.78. The molecule has 0 saturated carbocycles. The van der Waals surface area contributed by atoms with Crippen LogP contribution in [0.3, 0.4) is 0 Å². The predicted octanol–water partition coefficient (Wildman–Crippen LogP) is -0.797. The van der Waals surface area contributed by atoms with Crippen LogP contribution in [0.15, 0.2) is 5.16 Å². The number of aromatic amines is 1. The lowest BCUT2D eigenvalue weighted by molar-refractivity contribution is -0.132. The van der Waals surface area contributed by atoms with Crippen molar-refractivity contribution in [3.63, 3.8) is 0 Å². The van der Waals surface area contributed by atoms with Gasteiger partial charge in [0.2, 0.25) is 22.9 Å². The van der Waals surface area contributed by atoms with Gasteiger partial charge in [0.1, 0.15) is 0 Å². The highest BCUT2D eigenvalue weighted by Gasteiger charge is 2.26. The van der Waals surface area contributed by atoms with E-state index < -0.39 is 0 Å². The van der Waals surface area contributed by atoms with Crippen molar-refractivity contribution in [2.45, 2.75) is 18.0 Å². The Morgan fingerprint density at radius 3 is 2.95 bits per heavy atom. The van der Waals surface area contributed by atoms with E-state index >= 15 is 0 Å². The summed E-state index contributed by atoms with van der Waals surface area (Å²) in [5.74, 6) is -0.169. The van der Waals surface area contributed by atoms with Crippen molar-refractivity contribution in [2.75, 3.05) is 24.6 Å². The molecule has 1 aliphatic rings. The lowest BCUT2D eigenvalue weighted by Crippen LogP contribution is -2.44. The molecule has 0 radical (unpaired) electrons. The number of piperidine rings is 1. The maximum absolute atomic E-state index is 12.0. The number of hydrogen-bond acceptors (Lipinski definition) is 6. The van der Waals surface area contributed by atoms with Crippen molar-refractivity contribution in [1.29, 1.82) is 0 Å². The molecule has 1 aliphatic heterocycles. The molecular formula is C10H16N6O2S. The average Bonchev–Trinajstić information content (AvgIpc) is 2.82. The quantitative estimate of drug-likeness (QED) is 0.620. The van der Waals surface area contributed by atoms with E-state index in [1.54, 1.807) is 4.90 Å². The first kappa shape index (κ1) is 13.7. The van der Waals surface area contributed by atoms with Gasteiger partial charge in [0.15, 0.2) is 0 Å². The van der Waals surface area contributed by atoms with Crippen LogP contribution >= 0.6 is 11.8 Å². The molecule has 9 heteroatoms. The summed E-state index contributed by atoms with van der Waals surface area (Å²) in [6, 6.07) is 0. The summed E-state index contributed by atoms with van der Waals surface area (Å²) in [5.41, 5.74) is 10.7. The maximum Gasteiger partial charge on any atom is 0.233 e. The van der Waals surface area contributed by atoms with Crippen molar-refractivity contribution < 1.29 is 9.59 Å². The van der Waals surface area contributed by atoms with Gasteiger partial charge in [-0.25, -0.2) is 5.10 Å². The van der Waals surface area contributed by atoms with Crippen LogP contribution in [-0.2, 0) is 9.59 Å². The normalized spacial score (nSPS) is 19.4. The average molecular weight is 284 g/mol. The van der Waals surface area contributed by atoms with Gasteiger partial charge >= 0.3 is 0 Å². The van der Waals surface area contributed by atoms with Gasteiger partial charge in [-0.05, 0) is 12.8 Å². The number of likely N-dealkylation sites (tertiary alicyclic amines) is 1. The largest absolute Gasteiger partial charge is 0.369 e. The van der Waals surface area contributed by atoms with Crippen LogP contribution in [0.4, 0.5) is 5.95 Å². The number of nitrogen functional groups attached to an aromatic ring is 1. The number of hydrogen-bond donors (Lipinski definition) is 3. The highest BCUT2D eigenvalue weighted by Crippen LogP contribution is 2.19. The molecule has 1 atom stereocenters. The number of amides is 2. The first-order valence-corrected chi connectivity index (χ1v) is 6.92. The van der Waals surface area contributed by atoms with E-state index in [0.29, 0.717) is 18.2 Å². The molecular weight excluding hydrogens is 268 g/mol. The van der Waals surface area contributed by atoms with E-state index in [0.717, 1.165) is 12.8 Å². The molecule has 1 fully saturated rings. The highest BCUT2D eigenvalue weighted by atomic mass is 32.2. The number of carbonyl (C=O) groups excluding carboxylic acids is 2. The minimum Gasteiger partial charge on any atom is -0.369 e.